The van der Waals surface area contributed by atoms with Crippen LogP contribution in [-0.4, -0.2) is 48.3 Å². The fourth-order valence-electron chi connectivity index (χ4n) is 2.28. The van der Waals surface area contributed by atoms with Crippen LogP contribution in [0.4, 0.5) is 8.78 Å². The molecule has 0 aliphatic carbocycles. The molecular weight excluding hydrogens is 268 g/mol. The van der Waals surface area contributed by atoms with Crippen molar-refractivity contribution in [3.63, 3.8) is 0 Å². The summed E-state index contributed by atoms with van der Waals surface area (Å²) in [5.74, 6) is -2.62. The lowest BCUT2D eigenvalue weighted by Crippen LogP contribution is -2.41. The van der Waals surface area contributed by atoms with Gasteiger partial charge in [0.2, 0.25) is 0 Å². The van der Waals surface area contributed by atoms with E-state index in [-0.39, 0.29) is 24.9 Å². The highest BCUT2D eigenvalue weighted by atomic mass is 19.2. The zero-order valence-corrected chi connectivity index (χ0v) is 11.0. The molecule has 1 heterocycles. The molecule has 0 atom stereocenters. The first kappa shape index (κ1) is 14.9. The third kappa shape index (κ3) is 3.32. The van der Waals surface area contributed by atoms with Crippen LogP contribution in [-0.2, 0) is 4.74 Å². The number of hydrogen-bond acceptors (Lipinski definition) is 3. The first-order chi connectivity index (χ1) is 9.63. The van der Waals surface area contributed by atoms with Crippen molar-refractivity contribution >= 4 is 5.91 Å². The van der Waals surface area contributed by atoms with Crippen LogP contribution in [0.5, 0.6) is 0 Å². The van der Waals surface area contributed by atoms with E-state index in [9.17, 15) is 13.6 Å². The Morgan fingerprint density at radius 1 is 1.35 bits per heavy atom. The number of hydrogen-bond donors (Lipinski definition) is 1. The molecule has 0 bridgehead atoms. The number of halogens is 2. The van der Waals surface area contributed by atoms with Crippen molar-refractivity contribution in [2.24, 2.45) is 0 Å². The third-order valence-corrected chi connectivity index (χ3v) is 3.36. The summed E-state index contributed by atoms with van der Waals surface area (Å²) in [7, 11) is 0. The highest BCUT2D eigenvalue weighted by Crippen LogP contribution is 2.19. The van der Waals surface area contributed by atoms with Gasteiger partial charge >= 0.3 is 0 Å². The van der Waals surface area contributed by atoms with Crippen LogP contribution in [0.3, 0.4) is 0 Å². The number of likely N-dealkylation sites (tertiary alicyclic amines) is 1. The first-order valence-electron chi connectivity index (χ1n) is 6.59. The van der Waals surface area contributed by atoms with Crippen molar-refractivity contribution in [2.75, 3.05) is 26.3 Å². The van der Waals surface area contributed by atoms with Crippen LogP contribution in [0, 0.1) is 11.6 Å². The van der Waals surface area contributed by atoms with Crippen molar-refractivity contribution in [1.29, 1.82) is 0 Å². The standard InChI is InChI=1S/C14H17F2NO3/c15-12-3-1-2-11(13(12)16)14(19)17-6-4-10(5-7-17)20-9-8-18/h1-3,10,18H,4-9H2. The second-order valence-electron chi connectivity index (χ2n) is 4.69. The Morgan fingerprint density at radius 2 is 2.05 bits per heavy atom. The van der Waals surface area contributed by atoms with Gasteiger partial charge in [-0.2, -0.15) is 0 Å². The minimum absolute atomic E-state index is 0.00329. The SMILES string of the molecule is O=C(c1cccc(F)c1F)N1CCC(OCCO)CC1. The van der Waals surface area contributed by atoms with E-state index in [0.29, 0.717) is 25.9 Å². The molecule has 1 N–H and O–H groups in total. The number of nitrogens with zero attached hydrogens (tertiary/aromatic N) is 1. The number of aliphatic hydroxyl groups is 1. The molecule has 1 amide bonds. The fraction of sp³-hybridized carbons (Fsp3) is 0.500. The van der Waals surface area contributed by atoms with Gasteiger partial charge in [-0.05, 0) is 25.0 Å². The summed E-state index contributed by atoms with van der Waals surface area (Å²) in [5.41, 5.74) is -0.236. The average Bonchev–Trinajstić information content (AvgIpc) is 2.48. The average molecular weight is 285 g/mol. The van der Waals surface area contributed by atoms with Crippen LogP contribution in [0.15, 0.2) is 18.2 Å². The van der Waals surface area contributed by atoms with E-state index in [1.807, 2.05) is 0 Å². The van der Waals surface area contributed by atoms with Crippen molar-refractivity contribution in [2.45, 2.75) is 18.9 Å². The molecule has 0 spiro atoms. The normalized spacial score (nSPS) is 16.4. The Labute approximate surface area is 116 Å². The lowest BCUT2D eigenvalue weighted by atomic mass is 10.1. The summed E-state index contributed by atoms with van der Waals surface area (Å²) in [6.45, 7) is 1.11. The Bertz CT molecular complexity index is 473. The molecule has 0 aromatic heterocycles. The molecule has 0 saturated carbocycles. The number of benzene rings is 1. The van der Waals surface area contributed by atoms with Gasteiger partial charge in [0.25, 0.3) is 5.91 Å². The van der Waals surface area contributed by atoms with Gasteiger partial charge in [-0.25, -0.2) is 8.78 Å². The zero-order chi connectivity index (χ0) is 14.5. The molecule has 0 unspecified atom stereocenters. The maximum atomic E-state index is 13.6. The predicted molar refractivity (Wildman–Crippen MR) is 68.3 cm³/mol. The Morgan fingerprint density at radius 3 is 2.70 bits per heavy atom. The number of aliphatic hydroxyl groups excluding tert-OH is 1. The van der Waals surface area contributed by atoms with Gasteiger partial charge in [0.1, 0.15) is 0 Å². The quantitative estimate of drug-likeness (QED) is 0.913. The van der Waals surface area contributed by atoms with Gasteiger partial charge in [0.05, 0.1) is 24.9 Å². The van der Waals surface area contributed by atoms with Crippen molar-refractivity contribution in [3.05, 3.63) is 35.4 Å². The van der Waals surface area contributed by atoms with E-state index < -0.39 is 17.5 Å². The van der Waals surface area contributed by atoms with E-state index in [4.69, 9.17) is 9.84 Å². The zero-order valence-electron chi connectivity index (χ0n) is 11.0. The molecule has 1 aromatic rings. The number of carbonyl (C=O) groups is 1. The number of rotatable bonds is 4. The lowest BCUT2D eigenvalue weighted by Gasteiger charge is -2.32. The fourth-order valence-corrected chi connectivity index (χ4v) is 2.28. The van der Waals surface area contributed by atoms with Crippen LogP contribution >= 0.6 is 0 Å². The number of amides is 1. The monoisotopic (exact) mass is 285 g/mol. The number of piperidine rings is 1. The number of ether oxygens (including phenoxy) is 1. The molecule has 20 heavy (non-hydrogen) atoms. The maximum Gasteiger partial charge on any atom is 0.256 e. The second-order valence-corrected chi connectivity index (χ2v) is 4.69. The minimum atomic E-state index is -1.10. The second kappa shape index (κ2) is 6.76. The predicted octanol–water partition coefficient (Wildman–Crippen LogP) is 1.58. The van der Waals surface area contributed by atoms with Gasteiger partial charge in [-0.1, -0.05) is 6.07 Å². The highest BCUT2D eigenvalue weighted by molar-refractivity contribution is 5.94. The maximum absolute atomic E-state index is 13.6. The molecule has 110 valence electrons. The van der Waals surface area contributed by atoms with Gasteiger partial charge in [0.15, 0.2) is 11.6 Å². The summed E-state index contributed by atoms with van der Waals surface area (Å²) < 4.78 is 32.1. The molecule has 1 aliphatic heterocycles. The third-order valence-electron chi connectivity index (χ3n) is 3.36. The molecule has 4 nitrogen and oxygen atoms in total. The van der Waals surface area contributed by atoms with Gasteiger partial charge in [-0.3, -0.25) is 4.79 Å². The number of carbonyl (C=O) groups excluding carboxylic acids is 1. The van der Waals surface area contributed by atoms with Crippen molar-refractivity contribution < 1.29 is 23.4 Å². The Kier molecular flexibility index (Phi) is 5.03. The van der Waals surface area contributed by atoms with Crippen LogP contribution in [0.2, 0.25) is 0 Å². The molecule has 0 radical (unpaired) electrons. The van der Waals surface area contributed by atoms with Gasteiger partial charge in [-0.15, -0.1) is 0 Å². The van der Waals surface area contributed by atoms with Crippen LogP contribution in [0.1, 0.15) is 23.2 Å². The summed E-state index contributed by atoms with van der Waals surface area (Å²) in [4.78, 5) is 13.6. The van der Waals surface area contributed by atoms with E-state index in [2.05, 4.69) is 0 Å². The first-order valence-corrected chi connectivity index (χ1v) is 6.59. The Balaban J connectivity index is 1.96. The molecule has 2 rings (SSSR count). The largest absolute Gasteiger partial charge is 0.394 e. The summed E-state index contributed by atoms with van der Waals surface area (Å²) in [5, 5.41) is 8.68. The molecule has 1 saturated heterocycles. The molecule has 1 aromatic carbocycles. The van der Waals surface area contributed by atoms with Gasteiger partial charge < -0.3 is 14.7 Å². The minimum Gasteiger partial charge on any atom is -0.394 e. The molecular formula is C14H17F2NO3. The van der Waals surface area contributed by atoms with E-state index in [1.165, 1.54) is 17.0 Å². The summed E-state index contributed by atoms with van der Waals surface area (Å²) in [6.07, 6.45) is 1.26. The smallest absolute Gasteiger partial charge is 0.256 e. The van der Waals surface area contributed by atoms with E-state index in [1.54, 1.807) is 0 Å². The molecule has 1 fully saturated rings. The van der Waals surface area contributed by atoms with Crippen molar-refractivity contribution in [3.8, 4) is 0 Å². The lowest BCUT2D eigenvalue weighted by molar-refractivity contribution is -0.00563. The van der Waals surface area contributed by atoms with E-state index in [0.717, 1.165) is 6.07 Å². The molecule has 6 heteroatoms. The summed E-state index contributed by atoms with van der Waals surface area (Å²) >= 11 is 0. The highest BCUT2D eigenvalue weighted by Gasteiger charge is 2.26. The summed E-state index contributed by atoms with van der Waals surface area (Å²) in [6, 6.07) is 3.60. The van der Waals surface area contributed by atoms with Gasteiger partial charge in [0, 0.05) is 13.1 Å². The molecule has 1 aliphatic rings. The van der Waals surface area contributed by atoms with Crippen LogP contribution in [0.25, 0.3) is 0 Å². The van der Waals surface area contributed by atoms with Crippen LogP contribution < -0.4 is 0 Å². The van der Waals surface area contributed by atoms with E-state index >= 15 is 0 Å². The van der Waals surface area contributed by atoms with Crippen molar-refractivity contribution in [1.82, 2.24) is 4.90 Å². The topological polar surface area (TPSA) is 49.8 Å². The Hall–Kier alpha value is -1.53.